The lowest BCUT2D eigenvalue weighted by atomic mass is 9.66. The summed E-state index contributed by atoms with van der Waals surface area (Å²) < 4.78 is 69.4. The van der Waals surface area contributed by atoms with Crippen LogP contribution in [-0.2, 0) is 30.3 Å². The Balaban J connectivity index is 1.88. The molecule has 0 saturated carbocycles. The number of benzene rings is 1. The summed E-state index contributed by atoms with van der Waals surface area (Å²) in [6.45, 7) is 5.68. The number of rotatable bonds is 6. The van der Waals surface area contributed by atoms with Crippen molar-refractivity contribution >= 4 is 59.4 Å². The van der Waals surface area contributed by atoms with Crippen LogP contribution in [0.3, 0.4) is 0 Å². The number of thiophene rings is 1. The first-order chi connectivity index (χ1) is 16.1. The van der Waals surface area contributed by atoms with E-state index in [1.165, 1.54) is 17.5 Å². The molecule has 0 spiro atoms. The fraction of sp³-hybridized carbons (Fsp3) is 0.364. The van der Waals surface area contributed by atoms with E-state index in [1.54, 1.807) is 6.92 Å². The first-order valence-electron chi connectivity index (χ1n) is 10.6. The van der Waals surface area contributed by atoms with Gasteiger partial charge in [0, 0.05) is 10.9 Å². The van der Waals surface area contributed by atoms with Crippen LogP contribution in [0.4, 0.5) is 15.1 Å². The number of carbonyl (C=O) groups excluding carboxylic acids is 1. The average molecular weight is 542 g/mol. The van der Waals surface area contributed by atoms with E-state index < -0.39 is 48.7 Å². The molecule has 4 rings (SSSR count). The van der Waals surface area contributed by atoms with Crippen molar-refractivity contribution in [1.29, 1.82) is 0 Å². The van der Waals surface area contributed by atoms with Crippen molar-refractivity contribution in [1.82, 2.24) is 0 Å². The van der Waals surface area contributed by atoms with E-state index in [1.807, 2.05) is 13.8 Å². The van der Waals surface area contributed by atoms with Gasteiger partial charge in [0.15, 0.2) is 11.6 Å². The highest BCUT2D eigenvalue weighted by molar-refractivity contribution is 7.92. The van der Waals surface area contributed by atoms with Crippen molar-refractivity contribution in [2.45, 2.75) is 43.9 Å². The van der Waals surface area contributed by atoms with Crippen LogP contribution in [0.1, 0.15) is 44.7 Å². The Morgan fingerprint density at radius 3 is 2.63 bits per heavy atom. The first-order valence-corrected chi connectivity index (χ1v) is 14.9. The molecule has 0 radical (unpaired) electrons. The number of hydrogen-bond donors (Lipinski definition) is 3. The number of carbonyl (C=O) groups is 1. The molecule has 1 aliphatic heterocycles. The molecule has 3 N–H and O–H groups in total. The second kappa shape index (κ2) is 8.42. The molecule has 35 heavy (non-hydrogen) atoms. The minimum Gasteiger partial charge on any atom is -0.506 e. The highest BCUT2D eigenvalue weighted by Gasteiger charge is 2.47. The molecular formula is C22H24FN3O6S3. The molecule has 2 heterocycles. The number of aliphatic hydroxyl groups is 1. The number of sulfonamides is 2. The summed E-state index contributed by atoms with van der Waals surface area (Å²) in [6.07, 6.45) is 1.92. The topological polar surface area (TPSA) is 142 Å². The standard InChI is InChI=1S/C22H24FN3O6S3/c1-11(2)7-8-22(3)14-6-5-12(23)9-13(14)17(27)16(19(22)28)20-24-21-18(35(31,32)26-20)15(10-33-21)25-34(4,29)30/h5-6,9-11,25,27H,7-8H2,1-4H3,(H,24,26)/t22-/m0/s1. The number of nitrogens with one attached hydrogen (secondary N) is 2. The summed E-state index contributed by atoms with van der Waals surface area (Å²) >= 11 is 0.894. The summed E-state index contributed by atoms with van der Waals surface area (Å²) in [5.74, 6) is -1.91. The van der Waals surface area contributed by atoms with Crippen LogP contribution < -0.4 is 10.0 Å². The largest absolute Gasteiger partial charge is 0.506 e. The van der Waals surface area contributed by atoms with Crippen LogP contribution in [0.2, 0.25) is 0 Å². The minimum atomic E-state index is -4.46. The molecule has 2 aliphatic rings. The van der Waals surface area contributed by atoms with Gasteiger partial charge in [-0.05, 0) is 43.4 Å². The van der Waals surface area contributed by atoms with Gasteiger partial charge in [-0.25, -0.2) is 12.8 Å². The third-order valence-electron chi connectivity index (χ3n) is 6.00. The molecule has 1 aromatic carbocycles. The first kappa shape index (κ1) is 25.3. The van der Waals surface area contributed by atoms with Gasteiger partial charge in [-0.1, -0.05) is 19.9 Å². The second-order valence-electron chi connectivity index (χ2n) is 9.23. The van der Waals surface area contributed by atoms with Crippen LogP contribution in [0, 0.1) is 11.7 Å². The average Bonchev–Trinajstić information content (AvgIpc) is 3.12. The molecule has 0 saturated heterocycles. The Hall–Kier alpha value is -2.77. The lowest BCUT2D eigenvalue weighted by Gasteiger charge is -2.36. The Morgan fingerprint density at radius 1 is 1.31 bits per heavy atom. The fourth-order valence-electron chi connectivity index (χ4n) is 4.24. The smallest absolute Gasteiger partial charge is 0.289 e. The molecule has 0 fully saturated rings. The molecular weight excluding hydrogens is 517 g/mol. The van der Waals surface area contributed by atoms with Crippen molar-refractivity contribution in [3.8, 4) is 0 Å². The third kappa shape index (κ3) is 4.47. The van der Waals surface area contributed by atoms with Gasteiger partial charge in [0.25, 0.3) is 10.0 Å². The van der Waals surface area contributed by atoms with Crippen molar-refractivity contribution < 1.29 is 31.1 Å². The maximum atomic E-state index is 14.1. The number of ketones is 1. The molecule has 2 aromatic rings. The van der Waals surface area contributed by atoms with Gasteiger partial charge in [-0.2, -0.15) is 8.42 Å². The van der Waals surface area contributed by atoms with Crippen LogP contribution >= 0.6 is 11.3 Å². The SMILES string of the molecule is CC(C)CC[C@]1(C)C(=O)C(C2=NS(=O)(=O)c3c(NS(C)(=O)=O)csc3N2)=C(O)c2cc(F)ccc21. The van der Waals surface area contributed by atoms with Crippen molar-refractivity contribution in [3.05, 3.63) is 46.1 Å². The monoisotopic (exact) mass is 541 g/mol. The molecule has 0 bridgehead atoms. The number of Topliss-reactive ketones (excluding diaryl/α,β-unsaturated/α-hetero) is 1. The predicted octanol–water partition coefficient (Wildman–Crippen LogP) is 4.02. The fourth-order valence-corrected chi connectivity index (χ4v) is 7.40. The van der Waals surface area contributed by atoms with Crippen molar-refractivity contribution in [3.63, 3.8) is 0 Å². The molecule has 0 unspecified atom stereocenters. The van der Waals surface area contributed by atoms with E-state index in [-0.39, 0.29) is 32.6 Å². The lowest BCUT2D eigenvalue weighted by molar-refractivity contribution is -0.120. The molecule has 0 amide bonds. The van der Waals surface area contributed by atoms with Gasteiger partial charge in [0.05, 0.1) is 17.4 Å². The van der Waals surface area contributed by atoms with Gasteiger partial charge in [-0.3, -0.25) is 9.52 Å². The van der Waals surface area contributed by atoms with Gasteiger partial charge < -0.3 is 10.4 Å². The Labute approximate surface area is 206 Å². The molecule has 1 atom stereocenters. The molecule has 188 valence electrons. The number of halogens is 1. The number of aliphatic hydroxyl groups excluding tert-OH is 1. The summed E-state index contributed by atoms with van der Waals surface area (Å²) in [6, 6.07) is 3.78. The molecule has 13 heteroatoms. The van der Waals surface area contributed by atoms with E-state index in [0.717, 1.165) is 23.7 Å². The van der Waals surface area contributed by atoms with E-state index in [2.05, 4.69) is 14.4 Å². The van der Waals surface area contributed by atoms with E-state index >= 15 is 0 Å². The van der Waals surface area contributed by atoms with E-state index in [4.69, 9.17) is 0 Å². The van der Waals surface area contributed by atoms with Gasteiger partial charge in [0.1, 0.15) is 27.0 Å². The minimum absolute atomic E-state index is 0.0307. The number of fused-ring (bicyclic) bond motifs is 2. The maximum Gasteiger partial charge on any atom is 0.289 e. The van der Waals surface area contributed by atoms with Gasteiger partial charge >= 0.3 is 0 Å². The van der Waals surface area contributed by atoms with Gasteiger partial charge in [-0.15, -0.1) is 15.7 Å². The normalized spacial score (nSPS) is 21.3. The predicted molar refractivity (Wildman–Crippen MR) is 133 cm³/mol. The van der Waals surface area contributed by atoms with Crippen molar-refractivity contribution in [2.75, 3.05) is 16.3 Å². The molecule has 9 nitrogen and oxygen atoms in total. The van der Waals surface area contributed by atoms with Crippen LogP contribution in [0.25, 0.3) is 5.76 Å². The van der Waals surface area contributed by atoms with E-state index in [0.29, 0.717) is 18.4 Å². The number of nitrogens with zero attached hydrogens (tertiary/aromatic N) is 1. The summed E-state index contributed by atoms with van der Waals surface area (Å²) in [7, 11) is -8.23. The Bertz CT molecular complexity index is 1520. The maximum absolute atomic E-state index is 14.1. The number of hydrogen-bond acceptors (Lipinski definition) is 8. The van der Waals surface area contributed by atoms with E-state index in [9.17, 15) is 31.1 Å². The zero-order chi connectivity index (χ0) is 25.9. The van der Waals surface area contributed by atoms with Crippen LogP contribution in [0.5, 0.6) is 0 Å². The van der Waals surface area contributed by atoms with Crippen molar-refractivity contribution in [2.24, 2.45) is 10.3 Å². The third-order valence-corrected chi connectivity index (χ3v) is 8.98. The zero-order valence-electron chi connectivity index (χ0n) is 19.3. The highest BCUT2D eigenvalue weighted by Crippen LogP contribution is 2.46. The molecule has 1 aromatic heterocycles. The zero-order valence-corrected chi connectivity index (χ0v) is 21.8. The summed E-state index contributed by atoms with van der Waals surface area (Å²) in [5.41, 5.74) is -1.17. The number of amidine groups is 1. The lowest BCUT2D eigenvalue weighted by Crippen LogP contribution is -2.42. The molecule has 1 aliphatic carbocycles. The Kier molecular flexibility index (Phi) is 6.09. The summed E-state index contributed by atoms with van der Waals surface area (Å²) in [4.78, 5) is 13.4. The second-order valence-corrected chi connectivity index (χ2v) is 13.4. The number of anilines is 2. The van der Waals surface area contributed by atoms with Crippen LogP contribution in [0.15, 0.2) is 38.4 Å². The van der Waals surface area contributed by atoms with Gasteiger partial charge in [0.2, 0.25) is 10.0 Å². The quantitative estimate of drug-likeness (QED) is 0.501. The summed E-state index contributed by atoms with van der Waals surface area (Å²) in [5, 5.41) is 15.1. The van der Waals surface area contributed by atoms with Crippen LogP contribution in [-0.4, -0.2) is 39.8 Å². The Morgan fingerprint density at radius 2 is 2.00 bits per heavy atom. The highest BCUT2D eigenvalue weighted by atomic mass is 32.2.